The maximum atomic E-state index is 13.1. The molecule has 1 unspecified atom stereocenters. The fourth-order valence-corrected chi connectivity index (χ4v) is 5.41. The number of aliphatic carboxylic acids is 1. The molecule has 2 aliphatic carbocycles. The van der Waals surface area contributed by atoms with Gasteiger partial charge in [0.1, 0.15) is 6.61 Å². The number of nitrogens with one attached hydrogen (secondary N) is 2. The molecule has 7 nitrogen and oxygen atoms in total. The summed E-state index contributed by atoms with van der Waals surface area (Å²) in [5.74, 6) is -1.74. The van der Waals surface area contributed by atoms with Crippen molar-refractivity contribution in [1.29, 1.82) is 0 Å². The molecule has 0 bridgehead atoms. The number of hydrogen-bond acceptors (Lipinski definition) is 4. The van der Waals surface area contributed by atoms with E-state index in [9.17, 15) is 19.5 Å². The van der Waals surface area contributed by atoms with E-state index in [1.165, 1.54) is 11.1 Å². The monoisotopic (exact) mass is 478 g/mol. The van der Waals surface area contributed by atoms with E-state index in [4.69, 9.17) is 4.74 Å². The number of carbonyl (C=O) groups excluding carboxylic acids is 2. The van der Waals surface area contributed by atoms with Crippen molar-refractivity contribution in [3.05, 3.63) is 59.7 Å². The second-order valence-electron chi connectivity index (χ2n) is 9.67. The summed E-state index contributed by atoms with van der Waals surface area (Å²) in [4.78, 5) is 37.1. The number of benzene rings is 2. The summed E-state index contributed by atoms with van der Waals surface area (Å²) in [6.45, 7) is 2.28. The Morgan fingerprint density at radius 2 is 1.57 bits per heavy atom. The number of alkyl carbamates (subject to hydrolysis) is 1. The van der Waals surface area contributed by atoms with E-state index in [0.29, 0.717) is 19.3 Å². The van der Waals surface area contributed by atoms with Crippen molar-refractivity contribution < 1.29 is 24.2 Å². The molecule has 2 aromatic carbocycles. The zero-order valence-electron chi connectivity index (χ0n) is 20.2. The molecule has 0 aliphatic heterocycles. The summed E-state index contributed by atoms with van der Waals surface area (Å²) >= 11 is 0. The number of amides is 2. The molecule has 1 fully saturated rings. The van der Waals surface area contributed by atoms with E-state index in [2.05, 4.69) is 34.9 Å². The SMILES string of the molecule is CCC(CNC(=O)C1(CNC(=O)OCC2c3ccccc3-c3ccccc32)CCCCC1)C(=O)O. The third-order valence-corrected chi connectivity index (χ3v) is 7.56. The Labute approximate surface area is 206 Å². The number of carbonyl (C=O) groups is 3. The van der Waals surface area contributed by atoms with Crippen LogP contribution in [0.2, 0.25) is 0 Å². The van der Waals surface area contributed by atoms with Crippen LogP contribution in [-0.4, -0.2) is 42.8 Å². The molecular weight excluding hydrogens is 444 g/mol. The smallest absolute Gasteiger partial charge is 0.407 e. The summed E-state index contributed by atoms with van der Waals surface area (Å²) in [7, 11) is 0. The van der Waals surface area contributed by atoms with Crippen LogP contribution in [0.3, 0.4) is 0 Å². The zero-order valence-corrected chi connectivity index (χ0v) is 20.2. The lowest BCUT2D eigenvalue weighted by atomic mass is 9.73. The standard InChI is InChI=1S/C28H34N2O5/c1-2-19(25(31)32)16-29-26(33)28(14-8-3-9-15-28)18-30-27(34)35-17-24-22-12-6-4-10-20(22)21-11-5-7-13-23(21)24/h4-7,10-13,19,24H,2-3,8-9,14-18H2,1H3,(H,29,33)(H,30,34)(H,31,32). The molecule has 3 N–H and O–H groups in total. The van der Waals surface area contributed by atoms with E-state index in [1.807, 2.05) is 24.3 Å². The number of ether oxygens (including phenoxy) is 1. The van der Waals surface area contributed by atoms with Crippen molar-refractivity contribution in [1.82, 2.24) is 10.6 Å². The van der Waals surface area contributed by atoms with E-state index in [-0.39, 0.29) is 31.5 Å². The molecule has 0 aromatic heterocycles. The minimum absolute atomic E-state index is 0.0258. The fraction of sp³-hybridized carbons (Fsp3) is 0.464. The third-order valence-electron chi connectivity index (χ3n) is 7.56. The first-order chi connectivity index (χ1) is 16.9. The average molecular weight is 479 g/mol. The van der Waals surface area contributed by atoms with Crippen LogP contribution in [0.5, 0.6) is 0 Å². The quantitative estimate of drug-likeness (QED) is 0.484. The van der Waals surface area contributed by atoms with Gasteiger partial charge in [0.15, 0.2) is 0 Å². The molecule has 0 spiro atoms. The molecule has 4 rings (SSSR count). The Morgan fingerprint density at radius 1 is 0.971 bits per heavy atom. The van der Waals surface area contributed by atoms with Crippen molar-refractivity contribution in [2.75, 3.05) is 19.7 Å². The van der Waals surface area contributed by atoms with Gasteiger partial charge in [-0.1, -0.05) is 74.7 Å². The van der Waals surface area contributed by atoms with Gasteiger partial charge in [0.05, 0.1) is 11.3 Å². The molecule has 1 atom stereocenters. The first-order valence-corrected chi connectivity index (χ1v) is 12.5. The molecule has 35 heavy (non-hydrogen) atoms. The van der Waals surface area contributed by atoms with Crippen LogP contribution in [0.1, 0.15) is 62.5 Å². The van der Waals surface area contributed by atoms with Crippen molar-refractivity contribution in [2.45, 2.75) is 51.4 Å². The molecule has 0 heterocycles. The van der Waals surface area contributed by atoms with Crippen LogP contribution in [-0.2, 0) is 14.3 Å². The largest absolute Gasteiger partial charge is 0.481 e. The van der Waals surface area contributed by atoms with Crippen LogP contribution in [0.15, 0.2) is 48.5 Å². The Kier molecular flexibility index (Phi) is 7.73. The molecule has 1 saturated carbocycles. The number of hydrogen-bond donors (Lipinski definition) is 3. The van der Waals surface area contributed by atoms with Crippen molar-refractivity contribution in [2.24, 2.45) is 11.3 Å². The Bertz CT molecular complexity index is 1030. The summed E-state index contributed by atoms with van der Waals surface area (Å²) < 4.78 is 5.64. The Morgan fingerprint density at radius 3 is 2.14 bits per heavy atom. The highest BCUT2D eigenvalue weighted by Crippen LogP contribution is 2.44. The molecule has 0 saturated heterocycles. The molecule has 2 aliphatic rings. The van der Waals surface area contributed by atoms with Gasteiger partial charge in [0, 0.05) is 19.0 Å². The van der Waals surface area contributed by atoms with Gasteiger partial charge in [-0.3, -0.25) is 9.59 Å². The van der Waals surface area contributed by atoms with Crippen LogP contribution in [0, 0.1) is 11.3 Å². The second kappa shape index (κ2) is 10.9. The van der Waals surface area contributed by atoms with E-state index >= 15 is 0 Å². The van der Waals surface area contributed by atoms with Gasteiger partial charge in [0.25, 0.3) is 0 Å². The van der Waals surface area contributed by atoms with E-state index in [0.717, 1.165) is 30.4 Å². The van der Waals surface area contributed by atoms with Gasteiger partial charge in [0.2, 0.25) is 5.91 Å². The summed E-state index contributed by atoms with van der Waals surface area (Å²) in [6, 6.07) is 16.3. The van der Waals surface area contributed by atoms with E-state index < -0.39 is 23.4 Å². The average Bonchev–Trinajstić information content (AvgIpc) is 3.20. The van der Waals surface area contributed by atoms with Gasteiger partial charge < -0.3 is 20.5 Å². The van der Waals surface area contributed by atoms with Gasteiger partial charge in [-0.25, -0.2) is 4.79 Å². The number of fused-ring (bicyclic) bond motifs is 3. The third kappa shape index (κ3) is 5.34. The van der Waals surface area contributed by atoms with Crippen molar-refractivity contribution in [3.63, 3.8) is 0 Å². The number of rotatable bonds is 9. The first kappa shape index (κ1) is 24.8. The summed E-state index contributed by atoms with van der Waals surface area (Å²) in [5.41, 5.74) is 3.89. The second-order valence-corrected chi connectivity index (χ2v) is 9.67. The van der Waals surface area contributed by atoms with Crippen molar-refractivity contribution in [3.8, 4) is 11.1 Å². The lowest BCUT2D eigenvalue weighted by Gasteiger charge is -2.36. The highest BCUT2D eigenvalue weighted by Gasteiger charge is 2.40. The molecule has 2 amide bonds. The minimum Gasteiger partial charge on any atom is -0.481 e. The Balaban J connectivity index is 1.37. The predicted octanol–water partition coefficient (Wildman–Crippen LogP) is 4.70. The highest BCUT2D eigenvalue weighted by atomic mass is 16.5. The van der Waals surface area contributed by atoms with Crippen LogP contribution >= 0.6 is 0 Å². The Hall–Kier alpha value is -3.35. The van der Waals surface area contributed by atoms with Crippen LogP contribution in [0.25, 0.3) is 11.1 Å². The highest BCUT2D eigenvalue weighted by molar-refractivity contribution is 5.84. The van der Waals surface area contributed by atoms with E-state index in [1.54, 1.807) is 6.92 Å². The van der Waals surface area contributed by atoms with Gasteiger partial charge in [-0.15, -0.1) is 0 Å². The fourth-order valence-electron chi connectivity index (χ4n) is 5.41. The van der Waals surface area contributed by atoms with Gasteiger partial charge in [-0.05, 0) is 41.5 Å². The van der Waals surface area contributed by atoms with Crippen LogP contribution in [0.4, 0.5) is 4.79 Å². The molecule has 0 radical (unpaired) electrons. The van der Waals surface area contributed by atoms with Crippen LogP contribution < -0.4 is 10.6 Å². The van der Waals surface area contributed by atoms with Gasteiger partial charge >= 0.3 is 12.1 Å². The summed E-state index contributed by atoms with van der Waals surface area (Å²) in [5, 5.41) is 15.0. The van der Waals surface area contributed by atoms with Gasteiger partial charge in [-0.2, -0.15) is 0 Å². The zero-order chi connectivity index (χ0) is 24.8. The normalized spacial score (nSPS) is 17.1. The molecule has 186 valence electrons. The number of carboxylic acid groups (broad SMARTS) is 1. The molecule has 7 heteroatoms. The topological polar surface area (TPSA) is 105 Å². The molecular formula is C28H34N2O5. The molecule has 2 aromatic rings. The predicted molar refractivity (Wildman–Crippen MR) is 133 cm³/mol. The first-order valence-electron chi connectivity index (χ1n) is 12.5. The summed E-state index contributed by atoms with van der Waals surface area (Å²) in [6.07, 6.45) is 4.07. The lowest BCUT2D eigenvalue weighted by molar-refractivity contribution is -0.142. The maximum Gasteiger partial charge on any atom is 0.407 e. The lowest BCUT2D eigenvalue weighted by Crippen LogP contribution is -2.50. The van der Waals surface area contributed by atoms with Crippen molar-refractivity contribution >= 4 is 18.0 Å². The minimum atomic E-state index is -0.915. The number of carboxylic acids is 1. The maximum absolute atomic E-state index is 13.1.